The van der Waals surface area contributed by atoms with Crippen LogP contribution < -0.4 is 10.2 Å². The molecule has 24 heavy (non-hydrogen) atoms. The molecule has 1 aromatic carbocycles. The van der Waals surface area contributed by atoms with Crippen molar-refractivity contribution in [1.29, 1.82) is 0 Å². The molecule has 1 N–H and O–H groups in total. The SMILES string of the molecule is Cc1cc(Cl)ccc1Nc1nccc(N(C)C2CCS(=O)(=O)C2)n1. The molecule has 1 aromatic heterocycles. The number of hydrogen-bond acceptors (Lipinski definition) is 6. The molecule has 1 aliphatic rings. The van der Waals surface area contributed by atoms with Gasteiger partial charge in [0.05, 0.1) is 11.5 Å². The van der Waals surface area contributed by atoms with E-state index in [0.29, 0.717) is 23.2 Å². The van der Waals surface area contributed by atoms with Crippen molar-refractivity contribution in [2.45, 2.75) is 19.4 Å². The second-order valence-electron chi connectivity index (χ2n) is 5.99. The Morgan fingerprint density at radius 3 is 2.79 bits per heavy atom. The zero-order valence-electron chi connectivity index (χ0n) is 13.5. The van der Waals surface area contributed by atoms with E-state index in [1.807, 2.05) is 31.0 Å². The molecule has 0 aliphatic carbocycles. The van der Waals surface area contributed by atoms with Gasteiger partial charge in [0.25, 0.3) is 0 Å². The fraction of sp³-hybridized carbons (Fsp3) is 0.375. The van der Waals surface area contributed by atoms with Gasteiger partial charge < -0.3 is 10.2 Å². The van der Waals surface area contributed by atoms with Gasteiger partial charge in [-0.25, -0.2) is 13.4 Å². The molecule has 8 heteroatoms. The summed E-state index contributed by atoms with van der Waals surface area (Å²) in [6.45, 7) is 1.95. The van der Waals surface area contributed by atoms with Crippen LogP contribution in [0.15, 0.2) is 30.5 Å². The Bertz CT molecular complexity index is 857. The predicted molar refractivity (Wildman–Crippen MR) is 97.0 cm³/mol. The van der Waals surface area contributed by atoms with E-state index in [4.69, 9.17) is 11.6 Å². The van der Waals surface area contributed by atoms with Crippen molar-refractivity contribution in [3.8, 4) is 0 Å². The second kappa shape index (κ2) is 6.57. The Balaban J connectivity index is 1.79. The van der Waals surface area contributed by atoms with E-state index in [-0.39, 0.29) is 17.5 Å². The molecule has 6 nitrogen and oxygen atoms in total. The Kier molecular flexibility index (Phi) is 4.64. The normalized spacial score (nSPS) is 19.2. The highest BCUT2D eigenvalue weighted by Gasteiger charge is 2.31. The second-order valence-corrected chi connectivity index (χ2v) is 8.66. The zero-order chi connectivity index (χ0) is 17.3. The van der Waals surface area contributed by atoms with E-state index < -0.39 is 9.84 Å². The van der Waals surface area contributed by atoms with Crippen molar-refractivity contribution in [1.82, 2.24) is 9.97 Å². The van der Waals surface area contributed by atoms with E-state index in [1.54, 1.807) is 18.3 Å². The molecule has 1 aliphatic heterocycles. The van der Waals surface area contributed by atoms with Crippen LogP contribution in [-0.4, -0.2) is 43.0 Å². The van der Waals surface area contributed by atoms with E-state index >= 15 is 0 Å². The summed E-state index contributed by atoms with van der Waals surface area (Å²) < 4.78 is 23.3. The Labute approximate surface area is 146 Å². The van der Waals surface area contributed by atoms with Gasteiger partial charge in [-0.2, -0.15) is 4.98 Å². The minimum absolute atomic E-state index is 0.0463. The predicted octanol–water partition coefficient (Wildman–Crippen LogP) is 2.81. The average Bonchev–Trinajstić information content (AvgIpc) is 2.90. The molecule has 0 radical (unpaired) electrons. The van der Waals surface area contributed by atoms with Crippen LogP contribution in [-0.2, 0) is 9.84 Å². The molecule has 0 spiro atoms. The largest absolute Gasteiger partial charge is 0.355 e. The lowest BCUT2D eigenvalue weighted by Crippen LogP contribution is -2.33. The highest BCUT2D eigenvalue weighted by Crippen LogP contribution is 2.24. The first kappa shape index (κ1) is 17.0. The van der Waals surface area contributed by atoms with Crippen LogP contribution in [0.25, 0.3) is 0 Å². The molecule has 1 unspecified atom stereocenters. The number of sulfone groups is 1. The van der Waals surface area contributed by atoms with Gasteiger partial charge in [0.2, 0.25) is 5.95 Å². The summed E-state index contributed by atoms with van der Waals surface area (Å²) in [6, 6.07) is 7.28. The number of aromatic nitrogens is 2. The summed E-state index contributed by atoms with van der Waals surface area (Å²) in [4.78, 5) is 10.6. The van der Waals surface area contributed by atoms with Crippen molar-refractivity contribution in [3.63, 3.8) is 0 Å². The van der Waals surface area contributed by atoms with Gasteiger partial charge in [-0.05, 0) is 43.2 Å². The van der Waals surface area contributed by atoms with Crippen molar-refractivity contribution in [3.05, 3.63) is 41.0 Å². The minimum Gasteiger partial charge on any atom is -0.355 e. The number of anilines is 3. The highest BCUT2D eigenvalue weighted by molar-refractivity contribution is 7.91. The quantitative estimate of drug-likeness (QED) is 0.896. The van der Waals surface area contributed by atoms with Crippen LogP contribution in [0, 0.1) is 6.92 Å². The van der Waals surface area contributed by atoms with Crippen LogP contribution >= 0.6 is 11.6 Å². The van der Waals surface area contributed by atoms with Gasteiger partial charge in [-0.15, -0.1) is 0 Å². The molecule has 2 heterocycles. The number of nitrogens with zero attached hydrogens (tertiary/aromatic N) is 3. The molecule has 1 saturated heterocycles. The maximum atomic E-state index is 11.7. The van der Waals surface area contributed by atoms with Gasteiger partial charge in [0, 0.05) is 30.0 Å². The van der Waals surface area contributed by atoms with Crippen LogP contribution in [0.2, 0.25) is 5.02 Å². The third kappa shape index (κ3) is 3.79. The van der Waals surface area contributed by atoms with Crippen molar-refractivity contribution >= 4 is 38.9 Å². The fourth-order valence-electron chi connectivity index (χ4n) is 2.76. The lowest BCUT2D eigenvalue weighted by molar-refractivity contribution is 0.600. The van der Waals surface area contributed by atoms with Gasteiger partial charge >= 0.3 is 0 Å². The summed E-state index contributed by atoms with van der Waals surface area (Å²) in [5.41, 5.74) is 1.87. The molecule has 0 bridgehead atoms. The summed E-state index contributed by atoms with van der Waals surface area (Å²) in [7, 11) is -1.06. The number of aryl methyl sites for hydroxylation is 1. The lowest BCUT2D eigenvalue weighted by Gasteiger charge is -2.24. The van der Waals surface area contributed by atoms with Crippen LogP contribution in [0.3, 0.4) is 0 Å². The zero-order valence-corrected chi connectivity index (χ0v) is 15.1. The molecule has 3 rings (SSSR count). The molecule has 1 fully saturated rings. The van der Waals surface area contributed by atoms with Gasteiger partial charge in [-0.3, -0.25) is 0 Å². The molecule has 2 aromatic rings. The van der Waals surface area contributed by atoms with Crippen molar-refractivity contribution in [2.75, 3.05) is 28.8 Å². The summed E-state index contributed by atoms with van der Waals surface area (Å²) in [5, 5.41) is 3.85. The number of benzene rings is 1. The summed E-state index contributed by atoms with van der Waals surface area (Å²) in [5.74, 6) is 1.57. The first-order chi connectivity index (χ1) is 11.3. The van der Waals surface area contributed by atoms with Crippen LogP contribution in [0.5, 0.6) is 0 Å². The topological polar surface area (TPSA) is 75.2 Å². The van der Waals surface area contributed by atoms with E-state index in [1.165, 1.54) is 0 Å². The standard InChI is InChI=1S/C16H19ClN4O2S/c1-11-9-12(17)3-4-14(11)19-16-18-7-5-15(20-16)21(2)13-6-8-24(22,23)10-13/h3-5,7,9,13H,6,8,10H2,1-2H3,(H,18,19,20). The van der Waals surface area contributed by atoms with E-state index in [0.717, 1.165) is 11.3 Å². The number of halogens is 1. The highest BCUT2D eigenvalue weighted by atomic mass is 35.5. The summed E-state index contributed by atoms with van der Waals surface area (Å²) in [6.07, 6.45) is 2.29. The first-order valence-corrected chi connectivity index (χ1v) is 9.83. The minimum atomic E-state index is -2.93. The Morgan fingerprint density at radius 2 is 2.12 bits per heavy atom. The number of hydrogen-bond donors (Lipinski definition) is 1. The third-order valence-corrected chi connectivity index (χ3v) is 6.18. The van der Waals surface area contributed by atoms with Crippen molar-refractivity contribution < 1.29 is 8.42 Å². The molecule has 0 saturated carbocycles. The molecular weight excluding hydrogens is 348 g/mol. The maximum absolute atomic E-state index is 11.7. The smallest absolute Gasteiger partial charge is 0.229 e. The average molecular weight is 367 g/mol. The van der Waals surface area contributed by atoms with Crippen LogP contribution in [0.4, 0.5) is 17.5 Å². The third-order valence-electron chi connectivity index (χ3n) is 4.19. The Morgan fingerprint density at radius 1 is 1.33 bits per heavy atom. The monoisotopic (exact) mass is 366 g/mol. The van der Waals surface area contributed by atoms with E-state index in [2.05, 4.69) is 15.3 Å². The lowest BCUT2D eigenvalue weighted by atomic mass is 10.2. The Hall–Kier alpha value is -1.86. The number of nitrogens with one attached hydrogen (secondary N) is 1. The van der Waals surface area contributed by atoms with E-state index in [9.17, 15) is 8.42 Å². The van der Waals surface area contributed by atoms with Gasteiger partial charge in [-0.1, -0.05) is 11.6 Å². The molecule has 1 atom stereocenters. The first-order valence-electron chi connectivity index (χ1n) is 7.63. The molecule has 0 amide bonds. The fourth-order valence-corrected chi connectivity index (χ4v) is 4.76. The maximum Gasteiger partial charge on any atom is 0.229 e. The molecule has 128 valence electrons. The van der Waals surface area contributed by atoms with Gasteiger partial charge in [0.15, 0.2) is 9.84 Å². The van der Waals surface area contributed by atoms with Gasteiger partial charge in [0.1, 0.15) is 5.82 Å². The summed E-state index contributed by atoms with van der Waals surface area (Å²) >= 11 is 5.97. The van der Waals surface area contributed by atoms with Crippen LogP contribution in [0.1, 0.15) is 12.0 Å². The molecular formula is C16H19ClN4O2S. The van der Waals surface area contributed by atoms with Crippen molar-refractivity contribution in [2.24, 2.45) is 0 Å². The number of rotatable bonds is 4.